The largest absolute Gasteiger partial charge is 0.350 e. The van der Waals surface area contributed by atoms with Crippen LogP contribution in [0.3, 0.4) is 0 Å². The molecule has 4 heteroatoms. The third kappa shape index (κ3) is 1.89. The Bertz CT molecular complexity index is 1020. The Labute approximate surface area is 127 Å². The summed E-state index contributed by atoms with van der Waals surface area (Å²) in [6.45, 7) is 0. The lowest BCUT2D eigenvalue weighted by atomic mass is 10.0. The smallest absolute Gasteiger partial charge is 0.195 e. The minimum Gasteiger partial charge on any atom is -0.350 e. The second-order valence-corrected chi connectivity index (χ2v) is 5.26. The van der Waals surface area contributed by atoms with Crippen molar-refractivity contribution in [1.82, 2.24) is 14.5 Å². The van der Waals surface area contributed by atoms with Gasteiger partial charge in [0.2, 0.25) is 0 Å². The fraction of sp³-hybridized carbons (Fsp3) is 0.0556. The summed E-state index contributed by atoms with van der Waals surface area (Å²) in [7, 11) is 1.95. The van der Waals surface area contributed by atoms with Crippen molar-refractivity contribution in [2.45, 2.75) is 0 Å². The molecule has 106 valence electrons. The second kappa shape index (κ2) is 4.77. The first-order valence-electron chi connectivity index (χ1n) is 7.03. The molecular weight excluding hydrogens is 274 g/mol. The van der Waals surface area contributed by atoms with Crippen LogP contribution in [0.4, 0.5) is 0 Å². The van der Waals surface area contributed by atoms with Crippen molar-refractivity contribution in [2.75, 3.05) is 0 Å². The molecule has 2 aromatic carbocycles. The SMILES string of the molecule is Cn1cc(C(=O)c2ccc3nccnc3c2)c2ccccc21. The number of ketones is 1. The molecule has 22 heavy (non-hydrogen) atoms. The van der Waals surface area contributed by atoms with Gasteiger partial charge in [-0.1, -0.05) is 18.2 Å². The van der Waals surface area contributed by atoms with Gasteiger partial charge < -0.3 is 4.57 Å². The number of carbonyl (C=O) groups excluding carboxylic acids is 1. The molecule has 0 N–H and O–H groups in total. The molecule has 4 nitrogen and oxygen atoms in total. The van der Waals surface area contributed by atoms with Crippen molar-refractivity contribution in [1.29, 1.82) is 0 Å². The van der Waals surface area contributed by atoms with E-state index in [4.69, 9.17) is 0 Å². The number of nitrogens with zero attached hydrogens (tertiary/aromatic N) is 3. The highest BCUT2D eigenvalue weighted by Gasteiger charge is 2.16. The predicted molar refractivity (Wildman–Crippen MR) is 85.9 cm³/mol. The van der Waals surface area contributed by atoms with Crippen LogP contribution in [0.5, 0.6) is 0 Å². The molecule has 0 bridgehead atoms. The molecule has 4 rings (SSSR count). The van der Waals surface area contributed by atoms with E-state index >= 15 is 0 Å². The second-order valence-electron chi connectivity index (χ2n) is 5.26. The number of benzene rings is 2. The molecule has 0 aliphatic heterocycles. The standard InChI is InChI=1S/C18H13N3O/c1-21-11-14(13-4-2-3-5-17(13)21)18(22)12-6-7-15-16(10-12)20-9-8-19-15/h2-11H,1H3. The molecule has 0 atom stereocenters. The van der Waals surface area contributed by atoms with E-state index in [1.165, 1.54) is 0 Å². The summed E-state index contributed by atoms with van der Waals surface area (Å²) >= 11 is 0. The summed E-state index contributed by atoms with van der Waals surface area (Å²) in [5.74, 6) is 0.00403. The predicted octanol–water partition coefficient (Wildman–Crippen LogP) is 3.35. The monoisotopic (exact) mass is 287 g/mol. The van der Waals surface area contributed by atoms with Gasteiger partial charge in [0.25, 0.3) is 0 Å². The van der Waals surface area contributed by atoms with Gasteiger partial charge in [-0.25, -0.2) is 0 Å². The van der Waals surface area contributed by atoms with Crippen LogP contribution < -0.4 is 0 Å². The Hall–Kier alpha value is -3.01. The maximum Gasteiger partial charge on any atom is 0.195 e. The molecule has 0 fully saturated rings. The van der Waals surface area contributed by atoms with Crippen LogP contribution in [0, 0.1) is 0 Å². The normalized spacial score (nSPS) is 11.1. The Balaban J connectivity index is 1.88. The molecule has 2 aromatic heterocycles. The lowest BCUT2D eigenvalue weighted by Gasteiger charge is -2.01. The molecule has 0 aliphatic rings. The molecule has 0 spiro atoms. The minimum atomic E-state index is 0.00403. The van der Waals surface area contributed by atoms with Gasteiger partial charge in [0, 0.05) is 47.7 Å². The van der Waals surface area contributed by atoms with Crippen LogP contribution in [-0.2, 0) is 7.05 Å². The molecule has 0 unspecified atom stereocenters. The highest BCUT2D eigenvalue weighted by molar-refractivity contribution is 6.17. The van der Waals surface area contributed by atoms with Gasteiger partial charge in [-0.05, 0) is 24.3 Å². The van der Waals surface area contributed by atoms with Crippen molar-refractivity contribution in [3.63, 3.8) is 0 Å². The van der Waals surface area contributed by atoms with Crippen LogP contribution in [0.15, 0.2) is 61.1 Å². The first-order valence-corrected chi connectivity index (χ1v) is 7.03. The Morgan fingerprint density at radius 3 is 2.64 bits per heavy atom. The zero-order valence-electron chi connectivity index (χ0n) is 12.0. The number of fused-ring (bicyclic) bond motifs is 2. The fourth-order valence-corrected chi connectivity index (χ4v) is 2.78. The van der Waals surface area contributed by atoms with E-state index in [0.29, 0.717) is 11.1 Å². The molecule has 0 radical (unpaired) electrons. The van der Waals surface area contributed by atoms with E-state index in [0.717, 1.165) is 21.9 Å². The lowest BCUT2D eigenvalue weighted by Crippen LogP contribution is -2.01. The number of para-hydroxylation sites is 1. The molecule has 0 saturated heterocycles. The van der Waals surface area contributed by atoms with E-state index in [9.17, 15) is 4.79 Å². The zero-order valence-corrected chi connectivity index (χ0v) is 12.0. The average Bonchev–Trinajstić information content (AvgIpc) is 2.91. The van der Waals surface area contributed by atoms with Crippen LogP contribution in [0.25, 0.3) is 21.9 Å². The fourth-order valence-electron chi connectivity index (χ4n) is 2.78. The van der Waals surface area contributed by atoms with Gasteiger partial charge in [0.1, 0.15) is 0 Å². The van der Waals surface area contributed by atoms with Gasteiger partial charge in [0.05, 0.1) is 11.0 Å². The molecule has 4 aromatic rings. The maximum absolute atomic E-state index is 12.9. The quantitative estimate of drug-likeness (QED) is 0.531. The maximum atomic E-state index is 12.9. The van der Waals surface area contributed by atoms with Gasteiger partial charge in [-0.2, -0.15) is 0 Å². The summed E-state index contributed by atoms with van der Waals surface area (Å²) in [4.78, 5) is 21.4. The number of carbonyl (C=O) groups is 1. The van der Waals surface area contributed by atoms with E-state index in [1.54, 1.807) is 24.5 Å². The topological polar surface area (TPSA) is 47.8 Å². The van der Waals surface area contributed by atoms with Crippen molar-refractivity contribution in [2.24, 2.45) is 7.05 Å². The third-order valence-electron chi connectivity index (χ3n) is 3.87. The van der Waals surface area contributed by atoms with Gasteiger partial charge in [0.15, 0.2) is 5.78 Å². The third-order valence-corrected chi connectivity index (χ3v) is 3.87. The number of rotatable bonds is 2. The lowest BCUT2D eigenvalue weighted by molar-refractivity contribution is 0.104. The van der Waals surface area contributed by atoms with Crippen molar-refractivity contribution in [3.05, 3.63) is 72.2 Å². The first kappa shape index (κ1) is 12.7. The Kier molecular flexibility index (Phi) is 2.76. The van der Waals surface area contributed by atoms with Crippen LogP contribution >= 0.6 is 0 Å². The zero-order chi connectivity index (χ0) is 15.1. The van der Waals surface area contributed by atoms with Crippen molar-refractivity contribution >= 4 is 27.7 Å². The summed E-state index contributed by atoms with van der Waals surface area (Å²) in [5, 5.41) is 0.967. The van der Waals surface area contributed by atoms with Crippen LogP contribution in [-0.4, -0.2) is 20.3 Å². The Morgan fingerprint density at radius 2 is 1.77 bits per heavy atom. The van der Waals surface area contributed by atoms with Crippen LogP contribution in [0.2, 0.25) is 0 Å². The summed E-state index contributed by atoms with van der Waals surface area (Å²) < 4.78 is 1.98. The number of aromatic nitrogens is 3. The average molecular weight is 287 g/mol. The van der Waals surface area contributed by atoms with E-state index in [-0.39, 0.29) is 5.78 Å². The van der Waals surface area contributed by atoms with E-state index in [1.807, 2.05) is 48.1 Å². The molecule has 0 amide bonds. The van der Waals surface area contributed by atoms with E-state index in [2.05, 4.69) is 9.97 Å². The molecular formula is C18H13N3O. The Morgan fingerprint density at radius 1 is 1.00 bits per heavy atom. The number of hydrogen-bond donors (Lipinski definition) is 0. The summed E-state index contributed by atoms with van der Waals surface area (Å²) in [6.07, 6.45) is 5.16. The summed E-state index contributed by atoms with van der Waals surface area (Å²) in [6, 6.07) is 13.4. The van der Waals surface area contributed by atoms with Gasteiger partial charge >= 0.3 is 0 Å². The summed E-state index contributed by atoms with van der Waals surface area (Å²) in [5.41, 5.74) is 3.91. The van der Waals surface area contributed by atoms with Crippen LogP contribution in [0.1, 0.15) is 15.9 Å². The molecule has 0 aliphatic carbocycles. The van der Waals surface area contributed by atoms with Crippen molar-refractivity contribution < 1.29 is 4.79 Å². The van der Waals surface area contributed by atoms with Gasteiger partial charge in [-0.3, -0.25) is 14.8 Å². The minimum absolute atomic E-state index is 0.00403. The highest BCUT2D eigenvalue weighted by Crippen LogP contribution is 2.23. The number of aryl methyl sites for hydroxylation is 1. The van der Waals surface area contributed by atoms with Gasteiger partial charge in [-0.15, -0.1) is 0 Å². The number of hydrogen-bond acceptors (Lipinski definition) is 3. The first-order chi connectivity index (χ1) is 10.7. The molecule has 0 saturated carbocycles. The highest BCUT2D eigenvalue weighted by atomic mass is 16.1. The molecule has 2 heterocycles. The van der Waals surface area contributed by atoms with Crippen molar-refractivity contribution in [3.8, 4) is 0 Å². The van der Waals surface area contributed by atoms with E-state index < -0.39 is 0 Å².